The predicted octanol–water partition coefficient (Wildman–Crippen LogP) is 5.54. The van der Waals surface area contributed by atoms with Crippen molar-refractivity contribution in [1.29, 1.82) is 0 Å². The van der Waals surface area contributed by atoms with Gasteiger partial charge >= 0.3 is 12.1 Å². The topological polar surface area (TPSA) is 105 Å². The first-order valence-corrected chi connectivity index (χ1v) is 11.6. The molecular weight excluding hydrogens is 468 g/mol. The minimum Gasteiger partial charge on any atom is -0.478 e. The summed E-state index contributed by atoms with van der Waals surface area (Å²) in [5.41, 5.74) is 4.56. The minimum absolute atomic E-state index is 0.0182. The summed E-state index contributed by atoms with van der Waals surface area (Å²) in [6, 6.07) is 19.1. The predicted molar refractivity (Wildman–Crippen MR) is 134 cm³/mol. The molecule has 0 aromatic heterocycles. The highest BCUT2D eigenvalue weighted by atomic mass is 35.5. The van der Waals surface area contributed by atoms with Gasteiger partial charge in [0.25, 0.3) is 0 Å². The number of amides is 2. The largest absolute Gasteiger partial charge is 0.478 e. The van der Waals surface area contributed by atoms with E-state index < -0.39 is 24.0 Å². The third kappa shape index (κ3) is 5.15. The molecule has 7 nitrogen and oxygen atoms in total. The summed E-state index contributed by atoms with van der Waals surface area (Å²) in [5.74, 6) is -2.04. The first-order chi connectivity index (χ1) is 16.8. The van der Waals surface area contributed by atoms with Crippen molar-refractivity contribution in [2.75, 3.05) is 11.9 Å². The molecule has 4 rings (SSSR count). The molecule has 0 saturated heterocycles. The standard InChI is InChI=1S/C27H25ClN2O5/c1-15(2)24(25(31)29-23-13-16(26(32)33)11-12-22(23)28)30-27(34)35-14-21-19-9-5-3-7-17(19)18-8-4-6-10-20(18)21/h3-13,15,21,24H,14H2,1-2H3,(H,29,31)(H,30,34)(H,32,33). The fourth-order valence-corrected chi connectivity index (χ4v) is 4.43. The molecule has 35 heavy (non-hydrogen) atoms. The number of hydrogen-bond donors (Lipinski definition) is 3. The average molecular weight is 493 g/mol. The number of fused-ring (bicyclic) bond motifs is 3. The smallest absolute Gasteiger partial charge is 0.407 e. The van der Waals surface area contributed by atoms with Crippen LogP contribution in [0.4, 0.5) is 10.5 Å². The van der Waals surface area contributed by atoms with Gasteiger partial charge in [0.05, 0.1) is 16.3 Å². The molecule has 0 saturated carbocycles. The molecule has 0 fully saturated rings. The van der Waals surface area contributed by atoms with Crippen LogP contribution in [-0.4, -0.2) is 35.7 Å². The van der Waals surface area contributed by atoms with Gasteiger partial charge < -0.3 is 20.5 Å². The molecule has 1 unspecified atom stereocenters. The minimum atomic E-state index is -1.14. The number of hydrogen-bond acceptors (Lipinski definition) is 4. The van der Waals surface area contributed by atoms with Crippen molar-refractivity contribution in [1.82, 2.24) is 5.32 Å². The highest BCUT2D eigenvalue weighted by Crippen LogP contribution is 2.44. The van der Waals surface area contributed by atoms with E-state index in [1.54, 1.807) is 13.8 Å². The van der Waals surface area contributed by atoms with Crippen LogP contribution >= 0.6 is 11.6 Å². The normalized spacial score (nSPS) is 13.0. The lowest BCUT2D eigenvalue weighted by atomic mass is 9.98. The van der Waals surface area contributed by atoms with E-state index in [1.165, 1.54) is 18.2 Å². The third-order valence-corrected chi connectivity index (χ3v) is 6.37. The summed E-state index contributed by atoms with van der Waals surface area (Å²) >= 11 is 6.12. The van der Waals surface area contributed by atoms with Crippen molar-refractivity contribution < 1.29 is 24.2 Å². The lowest BCUT2D eigenvalue weighted by Crippen LogP contribution is -2.47. The maximum Gasteiger partial charge on any atom is 0.407 e. The highest BCUT2D eigenvalue weighted by molar-refractivity contribution is 6.34. The molecule has 1 aliphatic carbocycles. The van der Waals surface area contributed by atoms with Crippen LogP contribution in [0.3, 0.4) is 0 Å². The third-order valence-electron chi connectivity index (χ3n) is 6.04. The molecule has 2 amide bonds. The first-order valence-electron chi connectivity index (χ1n) is 11.2. The Morgan fingerprint density at radius 1 is 0.971 bits per heavy atom. The van der Waals surface area contributed by atoms with Crippen LogP contribution < -0.4 is 10.6 Å². The van der Waals surface area contributed by atoms with Crippen LogP contribution in [0.15, 0.2) is 66.7 Å². The number of aromatic carboxylic acids is 1. The van der Waals surface area contributed by atoms with E-state index >= 15 is 0 Å². The number of benzene rings is 3. The van der Waals surface area contributed by atoms with E-state index in [4.69, 9.17) is 16.3 Å². The van der Waals surface area contributed by atoms with Gasteiger partial charge in [-0.1, -0.05) is 74.0 Å². The van der Waals surface area contributed by atoms with Gasteiger partial charge in [-0.3, -0.25) is 4.79 Å². The first kappa shape index (κ1) is 24.3. The van der Waals surface area contributed by atoms with Crippen LogP contribution in [-0.2, 0) is 9.53 Å². The number of anilines is 1. The molecule has 3 aromatic rings. The molecule has 3 aromatic carbocycles. The second-order valence-electron chi connectivity index (χ2n) is 8.68. The van der Waals surface area contributed by atoms with Crippen LogP contribution in [0.1, 0.15) is 41.3 Å². The molecule has 8 heteroatoms. The SMILES string of the molecule is CC(C)C(NC(=O)OCC1c2ccccc2-c2ccccc21)C(=O)Nc1cc(C(=O)O)ccc1Cl. The summed E-state index contributed by atoms with van der Waals surface area (Å²) in [7, 11) is 0. The zero-order chi connectivity index (χ0) is 25.1. The van der Waals surface area contributed by atoms with Crippen molar-refractivity contribution in [2.45, 2.75) is 25.8 Å². The van der Waals surface area contributed by atoms with Crippen molar-refractivity contribution >= 4 is 35.3 Å². The zero-order valence-electron chi connectivity index (χ0n) is 19.2. The number of nitrogens with one attached hydrogen (secondary N) is 2. The fraction of sp³-hybridized carbons (Fsp3) is 0.222. The molecule has 0 spiro atoms. The van der Waals surface area contributed by atoms with Crippen molar-refractivity contribution in [2.24, 2.45) is 5.92 Å². The number of rotatable bonds is 7. The number of carbonyl (C=O) groups excluding carboxylic acids is 2. The molecule has 0 bridgehead atoms. The lowest BCUT2D eigenvalue weighted by Gasteiger charge is -2.22. The molecule has 3 N–H and O–H groups in total. The van der Waals surface area contributed by atoms with Crippen molar-refractivity contribution in [3.05, 3.63) is 88.4 Å². The number of carboxylic acid groups (broad SMARTS) is 1. The second-order valence-corrected chi connectivity index (χ2v) is 9.09. The van der Waals surface area contributed by atoms with Crippen LogP contribution in [0, 0.1) is 5.92 Å². The molecular formula is C27H25ClN2O5. The Kier molecular flexibility index (Phi) is 7.07. The summed E-state index contributed by atoms with van der Waals surface area (Å²) in [6.45, 7) is 3.69. The Balaban J connectivity index is 1.43. The van der Waals surface area contributed by atoms with Gasteiger partial charge in [-0.05, 0) is 46.4 Å². The Morgan fingerprint density at radius 3 is 2.14 bits per heavy atom. The quantitative estimate of drug-likeness (QED) is 0.401. The van der Waals surface area contributed by atoms with E-state index in [9.17, 15) is 19.5 Å². The molecule has 1 aliphatic rings. The van der Waals surface area contributed by atoms with Gasteiger partial charge in [0.1, 0.15) is 12.6 Å². The monoisotopic (exact) mass is 492 g/mol. The number of carbonyl (C=O) groups is 3. The Morgan fingerprint density at radius 2 is 1.57 bits per heavy atom. The maximum atomic E-state index is 12.9. The van der Waals surface area contributed by atoms with Crippen LogP contribution in [0.25, 0.3) is 11.1 Å². The number of halogens is 1. The van der Waals surface area contributed by atoms with Gasteiger partial charge in [-0.2, -0.15) is 0 Å². The summed E-state index contributed by atoms with van der Waals surface area (Å²) in [6.07, 6.45) is -0.717. The Hall–Kier alpha value is -3.84. The van der Waals surface area contributed by atoms with E-state index in [0.717, 1.165) is 22.3 Å². The van der Waals surface area contributed by atoms with Gasteiger partial charge in [0.15, 0.2) is 0 Å². The van der Waals surface area contributed by atoms with Crippen molar-refractivity contribution in [3.8, 4) is 11.1 Å². The second kappa shape index (κ2) is 10.2. The Labute approximate surface area is 208 Å². The molecule has 0 heterocycles. The van der Waals surface area contributed by atoms with Gasteiger partial charge in [-0.25, -0.2) is 9.59 Å². The van der Waals surface area contributed by atoms with Gasteiger partial charge in [-0.15, -0.1) is 0 Å². The highest BCUT2D eigenvalue weighted by Gasteiger charge is 2.30. The number of ether oxygens (including phenoxy) is 1. The van der Waals surface area contributed by atoms with Crippen LogP contribution in [0.5, 0.6) is 0 Å². The Bertz CT molecular complexity index is 1240. The van der Waals surface area contributed by atoms with Crippen LogP contribution in [0.2, 0.25) is 5.02 Å². The summed E-state index contributed by atoms with van der Waals surface area (Å²) in [5, 5.41) is 14.6. The van der Waals surface area contributed by atoms with Gasteiger partial charge in [0, 0.05) is 5.92 Å². The lowest BCUT2D eigenvalue weighted by molar-refractivity contribution is -0.119. The summed E-state index contributed by atoms with van der Waals surface area (Å²) < 4.78 is 5.56. The molecule has 0 radical (unpaired) electrons. The average Bonchev–Trinajstić information content (AvgIpc) is 3.16. The number of carboxylic acids is 1. The van der Waals surface area contributed by atoms with E-state index in [2.05, 4.69) is 22.8 Å². The molecule has 180 valence electrons. The maximum absolute atomic E-state index is 12.9. The fourth-order valence-electron chi connectivity index (χ4n) is 4.27. The number of alkyl carbamates (subject to hydrolysis) is 1. The van der Waals surface area contributed by atoms with E-state index in [0.29, 0.717) is 0 Å². The van der Waals surface area contributed by atoms with Gasteiger partial charge in [0.2, 0.25) is 5.91 Å². The van der Waals surface area contributed by atoms with E-state index in [1.807, 2.05) is 36.4 Å². The molecule has 0 aliphatic heterocycles. The summed E-state index contributed by atoms with van der Waals surface area (Å²) in [4.78, 5) is 36.9. The van der Waals surface area contributed by atoms with Crippen molar-refractivity contribution in [3.63, 3.8) is 0 Å². The zero-order valence-corrected chi connectivity index (χ0v) is 20.0. The molecule has 1 atom stereocenters. The van der Waals surface area contributed by atoms with E-state index in [-0.39, 0.29) is 34.7 Å².